The summed E-state index contributed by atoms with van der Waals surface area (Å²) >= 11 is 5.92. The Balaban J connectivity index is 1.89. The average molecular weight is 355 g/mol. The van der Waals surface area contributed by atoms with Crippen LogP contribution in [0.1, 0.15) is 20.3 Å². The van der Waals surface area contributed by atoms with Crippen molar-refractivity contribution in [2.24, 2.45) is 5.92 Å². The fourth-order valence-corrected chi connectivity index (χ4v) is 3.73. The maximum Gasteiger partial charge on any atom is 0.289 e. The van der Waals surface area contributed by atoms with E-state index in [2.05, 4.69) is 15.1 Å². The smallest absolute Gasteiger partial charge is 0.289 e. The molecule has 0 saturated carbocycles. The Morgan fingerprint density at radius 3 is 2.88 bits per heavy atom. The van der Waals surface area contributed by atoms with Crippen molar-refractivity contribution in [2.75, 3.05) is 32.8 Å². The highest BCUT2D eigenvalue weighted by Crippen LogP contribution is 2.37. The molecule has 7 nitrogen and oxygen atoms in total. The number of rotatable bonds is 5. The van der Waals surface area contributed by atoms with Gasteiger partial charge in [-0.05, 0) is 18.6 Å². The van der Waals surface area contributed by atoms with Crippen LogP contribution in [-0.2, 0) is 4.74 Å². The molecule has 0 amide bonds. The summed E-state index contributed by atoms with van der Waals surface area (Å²) in [5, 5.41) is 15.4. The van der Waals surface area contributed by atoms with Gasteiger partial charge in [-0.15, -0.1) is 0 Å². The summed E-state index contributed by atoms with van der Waals surface area (Å²) < 4.78 is 5.84. The monoisotopic (exact) mass is 354 g/mol. The first kappa shape index (κ1) is 17.1. The van der Waals surface area contributed by atoms with Crippen molar-refractivity contribution >= 4 is 11.6 Å². The Kier molecular flexibility index (Phi) is 5.01. The van der Waals surface area contributed by atoms with Gasteiger partial charge in [-0.3, -0.25) is 10.1 Å². The maximum absolute atomic E-state index is 11.7. The Morgan fingerprint density at radius 1 is 1.46 bits per heavy atom. The summed E-state index contributed by atoms with van der Waals surface area (Å²) in [6.45, 7) is 7.31. The van der Waals surface area contributed by atoms with Crippen molar-refractivity contribution in [3.63, 3.8) is 0 Å². The lowest BCUT2D eigenvalue weighted by Crippen LogP contribution is -2.43. The molecular weight excluding hydrogens is 332 g/mol. The van der Waals surface area contributed by atoms with Gasteiger partial charge in [0.25, 0.3) is 5.70 Å². The van der Waals surface area contributed by atoms with E-state index in [0.29, 0.717) is 37.0 Å². The number of allylic oxidation sites excluding steroid dienone is 3. The third kappa shape index (κ3) is 3.23. The van der Waals surface area contributed by atoms with Gasteiger partial charge in [0.15, 0.2) is 5.82 Å². The van der Waals surface area contributed by atoms with Gasteiger partial charge >= 0.3 is 0 Å². The van der Waals surface area contributed by atoms with E-state index in [4.69, 9.17) is 16.3 Å². The maximum atomic E-state index is 11.7. The second-order valence-corrected chi connectivity index (χ2v) is 6.73. The van der Waals surface area contributed by atoms with Crippen LogP contribution < -0.4 is 5.32 Å². The van der Waals surface area contributed by atoms with Gasteiger partial charge in [0.05, 0.1) is 10.8 Å². The molecule has 3 aliphatic rings. The number of nitro groups is 1. The molecule has 3 rings (SSSR count). The van der Waals surface area contributed by atoms with Crippen LogP contribution in [-0.4, -0.2) is 53.7 Å². The van der Waals surface area contributed by atoms with Gasteiger partial charge in [0, 0.05) is 39.2 Å². The minimum absolute atomic E-state index is 0.0819. The molecule has 0 bridgehead atoms. The molecule has 0 radical (unpaired) electrons. The number of nitrogens with one attached hydrogen (secondary N) is 1. The van der Waals surface area contributed by atoms with E-state index < -0.39 is 0 Å². The fourth-order valence-electron chi connectivity index (χ4n) is 3.60. The molecule has 3 heterocycles. The number of halogens is 1. The van der Waals surface area contributed by atoms with E-state index in [9.17, 15) is 10.1 Å². The summed E-state index contributed by atoms with van der Waals surface area (Å²) in [7, 11) is 0. The van der Waals surface area contributed by atoms with E-state index in [-0.39, 0.29) is 17.1 Å². The number of nitrogens with zero attached hydrogens (tertiary/aromatic N) is 3. The van der Waals surface area contributed by atoms with Crippen LogP contribution in [0, 0.1) is 16.0 Å². The third-order valence-electron chi connectivity index (χ3n) is 4.68. The molecule has 2 atom stereocenters. The molecule has 24 heavy (non-hydrogen) atoms. The summed E-state index contributed by atoms with van der Waals surface area (Å²) in [6.07, 6.45) is 4.38. The molecule has 8 heteroatoms. The van der Waals surface area contributed by atoms with Gasteiger partial charge in [0.2, 0.25) is 0 Å². The summed E-state index contributed by atoms with van der Waals surface area (Å²) in [5.41, 5.74) is 1.46. The minimum atomic E-state index is -0.224. The highest BCUT2D eigenvalue weighted by atomic mass is 35.5. The summed E-state index contributed by atoms with van der Waals surface area (Å²) in [5.74, 6) is 0.593. The van der Waals surface area contributed by atoms with Gasteiger partial charge in [-0.25, -0.2) is 0 Å². The van der Waals surface area contributed by atoms with E-state index in [1.165, 1.54) is 0 Å². The van der Waals surface area contributed by atoms with Crippen LogP contribution in [0.5, 0.6) is 0 Å². The number of hydrogen-bond acceptors (Lipinski definition) is 6. The molecule has 0 aromatic carbocycles. The number of hydrogen-bond donors (Lipinski definition) is 1. The molecule has 0 aromatic heterocycles. The van der Waals surface area contributed by atoms with Crippen molar-refractivity contribution in [1.82, 2.24) is 15.1 Å². The Hall–Kier alpha value is -1.73. The quantitative estimate of drug-likeness (QED) is 0.463. The third-order valence-corrected chi connectivity index (χ3v) is 4.94. The van der Waals surface area contributed by atoms with Crippen LogP contribution in [0.15, 0.2) is 34.4 Å². The molecular formula is C16H23ClN4O3. The van der Waals surface area contributed by atoms with E-state index in [1.807, 2.05) is 26.0 Å². The Labute approximate surface area is 146 Å². The van der Waals surface area contributed by atoms with Gasteiger partial charge < -0.3 is 19.9 Å². The zero-order valence-corrected chi connectivity index (χ0v) is 14.8. The lowest BCUT2D eigenvalue weighted by Gasteiger charge is -2.37. The van der Waals surface area contributed by atoms with Crippen molar-refractivity contribution in [3.8, 4) is 0 Å². The van der Waals surface area contributed by atoms with E-state index in [1.54, 1.807) is 0 Å². The van der Waals surface area contributed by atoms with Crippen LogP contribution >= 0.6 is 11.6 Å². The van der Waals surface area contributed by atoms with Crippen LogP contribution in [0.25, 0.3) is 0 Å². The molecule has 0 aliphatic carbocycles. The molecule has 1 saturated heterocycles. The molecule has 3 aliphatic heterocycles. The highest BCUT2D eigenvalue weighted by molar-refractivity contribution is 6.29. The molecule has 0 spiro atoms. The Morgan fingerprint density at radius 2 is 2.25 bits per heavy atom. The minimum Gasteiger partial charge on any atom is -0.372 e. The molecule has 1 N–H and O–H groups in total. The highest BCUT2D eigenvalue weighted by Gasteiger charge is 2.45. The first-order chi connectivity index (χ1) is 11.5. The van der Waals surface area contributed by atoms with Gasteiger partial charge in [-0.2, -0.15) is 0 Å². The van der Waals surface area contributed by atoms with E-state index in [0.717, 1.165) is 24.5 Å². The van der Waals surface area contributed by atoms with Gasteiger partial charge in [-0.1, -0.05) is 24.6 Å². The normalized spacial score (nSPS) is 26.8. The SMILES string of the molecule is CCOC1CC(C)C([N+](=O)[O-])=C2N(CC3=CC=C(Cl)NC3)CCN21. The topological polar surface area (TPSA) is 70.9 Å². The largest absolute Gasteiger partial charge is 0.372 e. The summed E-state index contributed by atoms with van der Waals surface area (Å²) in [6, 6.07) is 0. The fraction of sp³-hybridized carbons (Fsp3) is 0.625. The number of ether oxygens (including phenoxy) is 1. The zero-order chi connectivity index (χ0) is 17.3. The predicted molar refractivity (Wildman–Crippen MR) is 91.5 cm³/mol. The van der Waals surface area contributed by atoms with Crippen LogP contribution in [0.3, 0.4) is 0 Å². The molecule has 1 fully saturated rings. The lowest BCUT2D eigenvalue weighted by atomic mass is 9.98. The molecule has 132 valence electrons. The van der Waals surface area contributed by atoms with E-state index >= 15 is 0 Å². The van der Waals surface area contributed by atoms with Gasteiger partial charge in [0.1, 0.15) is 11.4 Å². The first-order valence-electron chi connectivity index (χ1n) is 8.32. The standard InChI is InChI=1S/C16H23ClN4O3/c1-3-24-14-8-11(2)15(21(22)23)16-19(6-7-20(14)16)10-12-4-5-13(17)18-9-12/h4-5,11,14,18H,3,6-10H2,1-2H3. The summed E-state index contributed by atoms with van der Waals surface area (Å²) in [4.78, 5) is 15.6. The zero-order valence-electron chi connectivity index (χ0n) is 14.0. The van der Waals surface area contributed by atoms with Crippen LogP contribution in [0.4, 0.5) is 0 Å². The average Bonchev–Trinajstić information content (AvgIpc) is 2.93. The van der Waals surface area contributed by atoms with Crippen molar-refractivity contribution in [3.05, 3.63) is 44.5 Å². The number of fused-ring (bicyclic) bond motifs is 1. The predicted octanol–water partition coefficient (Wildman–Crippen LogP) is 2.06. The lowest BCUT2D eigenvalue weighted by molar-refractivity contribution is -0.439. The Bertz CT molecular complexity index is 616. The first-order valence-corrected chi connectivity index (χ1v) is 8.70. The van der Waals surface area contributed by atoms with Crippen molar-refractivity contribution in [2.45, 2.75) is 26.5 Å². The second kappa shape index (κ2) is 7.03. The molecule has 0 aromatic rings. The second-order valence-electron chi connectivity index (χ2n) is 6.32. The molecule has 2 unspecified atom stereocenters. The van der Waals surface area contributed by atoms with Crippen molar-refractivity contribution < 1.29 is 9.66 Å². The number of dihydropyridines is 1. The van der Waals surface area contributed by atoms with Crippen molar-refractivity contribution in [1.29, 1.82) is 0 Å². The van der Waals surface area contributed by atoms with Crippen LogP contribution in [0.2, 0.25) is 0 Å².